The molecular weight excluding hydrogens is 256 g/mol. The molecule has 0 heterocycles. The molecule has 1 fully saturated rings. The van der Waals surface area contributed by atoms with Gasteiger partial charge in [0.25, 0.3) is 0 Å². The number of nitrogens with zero attached hydrogens (tertiary/aromatic N) is 2. The second kappa shape index (κ2) is 5.00. The molecule has 0 spiro atoms. The van der Waals surface area contributed by atoms with Crippen molar-refractivity contribution in [1.29, 1.82) is 0 Å². The van der Waals surface area contributed by atoms with Gasteiger partial charge in [0.2, 0.25) is 12.2 Å². The fourth-order valence-electron chi connectivity index (χ4n) is 2.27. The fourth-order valence-corrected chi connectivity index (χ4v) is 2.27. The van der Waals surface area contributed by atoms with Gasteiger partial charge in [-0.15, -0.1) is 9.98 Å². The van der Waals surface area contributed by atoms with Crippen molar-refractivity contribution in [1.82, 2.24) is 0 Å². The molecule has 0 bridgehead atoms. The van der Waals surface area contributed by atoms with Crippen LogP contribution in [0.15, 0.2) is 9.98 Å². The number of isocyanates is 2. The Morgan fingerprint density at radius 2 is 1.22 bits per heavy atom. The highest BCUT2D eigenvalue weighted by molar-refractivity contribution is 5.36. The molecule has 0 aromatic carbocycles. The van der Waals surface area contributed by atoms with Gasteiger partial charge in [0.15, 0.2) is 0 Å². The first-order valence-electron chi connectivity index (χ1n) is 5.27. The maximum atomic E-state index is 13.7. The first-order valence-corrected chi connectivity index (χ1v) is 5.27. The van der Waals surface area contributed by atoms with Crippen molar-refractivity contribution in [3.05, 3.63) is 0 Å². The van der Waals surface area contributed by atoms with Crippen LogP contribution in [0.2, 0.25) is 0 Å². The van der Waals surface area contributed by atoms with E-state index in [1.807, 2.05) is 0 Å². The fraction of sp³-hybridized carbons (Fsp3) is 0.800. The van der Waals surface area contributed by atoms with E-state index in [2.05, 4.69) is 9.98 Å². The maximum absolute atomic E-state index is 13.7. The van der Waals surface area contributed by atoms with Crippen molar-refractivity contribution in [3.8, 4) is 0 Å². The molecule has 0 atom stereocenters. The van der Waals surface area contributed by atoms with E-state index in [4.69, 9.17) is 0 Å². The van der Waals surface area contributed by atoms with Crippen LogP contribution in [0.1, 0.15) is 32.1 Å². The Labute approximate surface area is 99.8 Å². The highest BCUT2D eigenvalue weighted by Gasteiger charge is 2.69. The summed E-state index contributed by atoms with van der Waals surface area (Å²) in [5.74, 6) is 0. The van der Waals surface area contributed by atoms with Crippen LogP contribution in [0.3, 0.4) is 0 Å². The SMILES string of the molecule is O=C=NC(F)(F)C1(C(F)(F)N=C=O)CCCCC1. The second-order valence-corrected chi connectivity index (χ2v) is 4.13. The van der Waals surface area contributed by atoms with E-state index < -0.39 is 30.3 Å². The minimum Gasteiger partial charge on any atom is -0.211 e. The zero-order valence-corrected chi connectivity index (χ0v) is 9.26. The number of halogens is 4. The third kappa shape index (κ3) is 2.21. The van der Waals surface area contributed by atoms with Gasteiger partial charge in [-0.2, -0.15) is 17.6 Å². The number of rotatable bonds is 4. The van der Waals surface area contributed by atoms with E-state index in [1.165, 1.54) is 0 Å². The Kier molecular flexibility index (Phi) is 4.04. The molecule has 8 heteroatoms. The Hall–Kier alpha value is -1.52. The summed E-state index contributed by atoms with van der Waals surface area (Å²) in [4.78, 5) is 24.3. The standard InChI is InChI=1S/C10H10F4N2O2/c11-9(12,15-6-17)8(4-2-1-3-5-8)10(13,14)16-7-18/h1-5H2. The molecule has 18 heavy (non-hydrogen) atoms. The van der Waals surface area contributed by atoms with E-state index in [-0.39, 0.29) is 12.8 Å². The summed E-state index contributed by atoms with van der Waals surface area (Å²) in [6.07, 6.45) is 0.787. The molecule has 0 radical (unpaired) electrons. The van der Waals surface area contributed by atoms with Crippen LogP contribution in [-0.4, -0.2) is 24.3 Å². The molecule has 0 amide bonds. The first-order chi connectivity index (χ1) is 8.33. The van der Waals surface area contributed by atoms with Crippen LogP contribution in [-0.2, 0) is 9.59 Å². The van der Waals surface area contributed by atoms with Gasteiger partial charge in [0.05, 0.1) is 0 Å². The molecule has 1 saturated carbocycles. The molecule has 1 aliphatic carbocycles. The van der Waals surface area contributed by atoms with Crippen LogP contribution in [0.4, 0.5) is 17.6 Å². The summed E-state index contributed by atoms with van der Waals surface area (Å²) in [5, 5.41) is 0. The van der Waals surface area contributed by atoms with Crippen molar-refractivity contribution in [2.45, 2.75) is 44.2 Å². The van der Waals surface area contributed by atoms with Gasteiger partial charge in [-0.3, -0.25) is 0 Å². The van der Waals surface area contributed by atoms with Crippen LogP contribution >= 0.6 is 0 Å². The third-order valence-electron chi connectivity index (χ3n) is 3.23. The normalized spacial score (nSPS) is 19.6. The van der Waals surface area contributed by atoms with Crippen molar-refractivity contribution in [2.24, 2.45) is 15.4 Å². The Morgan fingerprint density at radius 3 is 1.56 bits per heavy atom. The average Bonchev–Trinajstić information content (AvgIpc) is 2.29. The lowest BCUT2D eigenvalue weighted by molar-refractivity contribution is -0.246. The van der Waals surface area contributed by atoms with E-state index in [1.54, 1.807) is 0 Å². The lowest BCUT2D eigenvalue weighted by Crippen LogP contribution is -2.53. The molecule has 0 aromatic rings. The predicted molar refractivity (Wildman–Crippen MR) is 51.7 cm³/mol. The lowest BCUT2D eigenvalue weighted by Gasteiger charge is -2.42. The number of aliphatic imine (C=N–C) groups is 2. The Balaban J connectivity index is 3.34. The molecule has 0 saturated heterocycles. The molecule has 0 N–H and O–H groups in total. The average molecular weight is 266 g/mol. The second-order valence-electron chi connectivity index (χ2n) is 4.13. The number of carbonyl (C=O) groups excluding carboxylic acids is 2. The molecule has 1 rings (SSSR count). The smallest absolute Gasteiger partial charge is 0.211 e. The highest BCUT2D eigenvalue weighted by atomic mass is 19.3. The molecule has 0 unspecified atom stereocenters. The Morgan fingerprint density at radius 1 is 0.833 bits per heavy atom. The van der Waals surface area contributed by atoms with Gasteiger partial charge < -0.3 is 0 Å². The first kappa shape index (κ1) is 14.5. The maximum Gasteiger partial charge on any atom is 0.365 e. The van der Waals surface area contributed by atoms with Gasteiger partial charge in [-0.05, 0) is 12.8 Å². The van der Waals surface area contributed by atoms with Crippen molar-refractivity contribution >= 4 is 12.2 Å². The number of hydrogen-bond donors (Lipinski definition) is 0. The molecule has 1 aliphatic rings. The lowest BCUT2D eigenvalue weighted by atomic mass is 9.70. The molecule has 0 aromatic heterocycles. The van der Waals surface area contributed by atoms with Crippen LogP contribution in [0.25, 0.3) is 0 Å². The number of alkyl halides is 4. The zero-order chi connectivity index (χ0) is 13.9. The van der Waals surface area contributed by atoms with Crippen molar-refractivity contribution < 1.29 is 27.2 Å². The zero-order valence-electron chi connectivity index (χ0n) is 9.26. The summed E-state index contributed by atoms with van der Waals surface area (Å²) >= 11 is 0. The summed E-state index contributed by atoms with van der Waals surface area (Å²) in [6.45, 7) is 0. The van der Waals surface area contributed by atoms with Crippen molar-refractivity contribution in [2.75, 3.05) is 0 Å². The molecule has 100 valence electrons. The minimum atomic E-state index is -4.32. The van der Waals surface area contributed by atoms with E-state index in [0.717, 1.165) is 0 Å². The predicted octanol–water partition coefficient (Wildman–Crippen LogP) is 2.79. The topological polar surface area (TPSA) is 58.9 Å². The minimum absolute atomic E-state index is 0.119. The van der Waals surface area contributed by atoms with E-state index >= 15 is 0 Å². The summed E-state index contributed by atoms with van der Waals surface area (Å²) in [5.41, 5.74) is -2.95. The summed E-state index contributed by atoms with van der Waals surface area (Å²) in [7, 11) is 0. The quantitative estimate of drug-likeness (QED) is 0.340. The van der Waals surface area contributed by atoms with E-state index in [0.29, 0.717) is 18.6 Å². The van der Waals surface area contributed by atoms with Crippen molar-refractivity contribution in [3.63, 3.8) is 0 Å². The molecule has 0 aliphatic heterocycles. The third-order valence-corrected chi connectivity index (χ3v) is 3.23. The van der Waals surface area contributed by atoms with Crippen LogP contribution in [0, 0.1) is 5.41 Å². The van der Waals surface area contributed by atoms with Gasteiger partial charge in [-0.1, -0.05) is 19.3 Å². The van der Waals surface area contributed by atoms with E-state index in [9.17, 15) is 27.2 Å². The van der Waals surface area contributed by atoms with Gasteiger partial charge in [0.1, 0.15) is 5.41 Å². The largest absolute Gasteiger partial charge is 0.365 e. The van der Waals surface area contributed by atoms with Crippen LogP contribution in [0.5, 0.6) is 0 Å². The molecule has 4 nitrogen and oxygen atoms in total. The van der Waals surface area contributed by atoms with Gasteiger partial charge in [-0.25, -0.2) is 9.59 Å². The highest BCUT2D eigenvalue weighted by Crippen LogP contribution is 2.57. The number of hydrogen-bond acceptors (Lipinski definition) is 4. The molecular formula is C10H10F4N2O2. The van der Waals surface area contributed by atoms with Gasteiger partial charge >= 0.3 is 12.1 Å². The monoisotopic (exact) mass is 266 g/mol. The Bertz CT molecular complexity index is 374. The summed E-state index contributed by atoms with van der Waals surface area (Å²) in [6, 6.07) is -8.64. The summed E-state index contributed by atoms with van der Waals surface area (Å²) < 4.78 is 54.7. The van der Waals surface area contributed by atoms with Gasteiger partial charge in [0, 0.05) is 0 Å². The van der Waals surface area contributed by atoms with Crippen LogP contribution < -0.4 is 0 Å².